The van der Waals surface area contributed by atoms with Crippen molar-refractivity contribution >= 4 is 39.1 Å². The monoisotopic (exact) mass is 464 g/mol. The highest BCUT2D eigenvalue weighted by Crippen LogP contribution is 2.21. The quantitative estimate of drug-likeness (QED) is 0.520. The Kier molecular flexibility index (Phi) is 6.77. The minimum absolute atomic E-state index is 0.0905. The van der Waals surface area contributed by atoms with Gasteiger partial charge in [0.25, 0.3) is 5.91 Å². The fourth-order valence-electron chi connectivity index (χ4n) is 2.18. The molecule has 10 heteroatoms. The number of nitrogens with zero attached hydrogens (tertiary/aromatic N) is 2. The summed E-state index contributed by atoms with van der Waals surface area (Å²) in [6, 6.07) is 10.9. The van der Waals surface area contributed by atoms with Gasteiger partial charge in [-0.1, -0.05) is 33.2 Å². The van der Waals surface area contributed by atoms with E-state index in [4.69, 9.17) is 9.26 Å². The number of hydrogen-bond donors (Lipinski definition) is 2. The van der Waals surface area contributed by atoms with Gasteiger partial charge in [-0.2, -0.15) is 4.98 Å². The van der Waals surface area contributed by atoms with Crippen LogP contribution >= 0.6 is 27.3 Å². The number of aryl methyl sites for hydroxylation is 1. The van der Waals surface area contributed by atoms with E-state index in [9.17, 15) is 9.59 Å². The zero-order valence-corrected chi connectivity index (χ0v) is 17.2. The molecule has 8 nitrogen and oxygen atoms in total. The molecule has 1 unspecified atom stereocenters. The summed E-state index contributed by atoms with van der Waals surface area (Å²) in [5, 5.41) is 5.80. The molecule has 0 fully saturated rings. The first-order chi connectivity index (χ1) is 13.5. The Morgan fingerprint density at radius 1 is 1.29 bits per heavy atom. The summed E-state index contributed by atoms with van der Waals surface area (Å²) in [6.45, 7) is 1.59. The van der Waals surface area contributed by atoms with Crippen LogP contribution in [0.15, 0.2) is 50.8 Å². The molecular weight excluding hydrogens is 448 g/mol. The lowest BCUT2D eigenvalue weighted by Gasteiger charge is -2.15. The van der Waals surface area contributed by atoms with Crippen LogP contribution in [-0.2, 0) is 16.0 Å². The summed E-state index contributed by atoms with van der Waals surface area (Å²) in [5.41, 5.74) is 4.69. The summed E-state index contributed by atoms with van der Waals surface area (Å²) < 4.78 is 11.5. The van der Waals surface area contributed by atoms with Gasteiger partial charge in [0.15, 0.2) is 6.10 Å². The van der Waals surface area contributed by atoms with Crippen molar-refractivity contribution in [1.82, 2.24) is 21.0 Å². The normalized spacial score (nSPS) is 11.6. The Morgan fingerprint density at radius 3 is 2.89 bits per heavy atom. The zero-order valence-electron chi connectivity index (χ0n) is 14.8. The predicted octanol–water partition coefficient (Wildman–Crippen LogP) is 3.11. The van der Waals surface area contributed by atoms with Crippen LogP contribution in [0.2, 0.25) is 0 Å². The van der Waals surface area contributed by atoms with Crippen molar-refractivity contribution in [3.05, 3.63) is 52.1 Å². The molecular formula is C18H17BrN4O4S. The molecule has 28 heavy (non-hydrogen) atoms. The lowest BCUT2D eigenvalue weighted by Crippen LogP contribution is -2.47. The number of hydrogen-bond acceptors (Lipinski definition) is 7. The Morgan fingerprint density at radius 2 is 2.14 bits per heavy atom. The number of nitrogens with one attached hydrogen (secondary N) is 2. The van der Waals surface area contributed by atoms with Gasteiger partial charge in [0, 0.05) is 17.3 Å². The van der Waals surface area contributed by atoms with Gasteiger partial charge in [-0.25, -0.2) is 0 Å². The molecule has 0 spiro atoms. The lowest BCUT2D eigenvalue weighted by atomic mass is 10.3. The Hall–Kier alpha value is -2.72. The van der Waals surface area contributed by atoms with Crippen molar-refractivity contribution in [2.24, 2.45) is 0 Å². The summed E-state index contributed by atoms with van der Waals surface area (Å²) in [7, 11) is 0. The highest BCUT2D eigenvalue weighted by Gasteiger charge is 2.16. The second kappa shape index (κ2) is 9.47. The minimum atomic E-state index is -0.779. The molecule has 0 saturated carbocycles. The molecule has 146 valence electrons. The number of benzene rings is 1. The molecule has 1 aromatic carbocycles. The first-order valence-corrected chi connectivity index (χ1v) is 10.1. The van der Waals surface area contributed by atoms with E-state index in [1.807, 2.05) is 23.6 Å². The van der Waals surface area contributed by atoms with Crippen molar-refractivity contribution in [3.8, 4) is 16.5 Å². The third-order valence-corrected chi connectivity index (χ3v) is 4.94. The van der Waals surface area contributed by atoms with Gasteiger partial charge in [-0.15, -0.1) is 11.3 Å². The number of carbonyl (C=O) groups is 2. The van der Waals surface area contributed by atoms with Crippen molar-refractivity contribution in [3.63, 3.8) is 0 Å². The number of thiophene rings is 1. The molecule has 0 bridgehead atoms. The number of halogens is 1. The van der Waals surface area contributed by atoms with E-state index < -0.39 is 12.0 Å². The maximum Gasteiger partial charge on any atom is 0.279 e. The molecule has 2 amide bonds. The summed E-state index contributed by atoms with van der Waals surface area (Å²) >= 11 is 4.84. The second-order valence-electron chi connectivity index (χ2n) is 5.74. The molecule has 0 aliphatic heterocycles. The van der Waals surface area contributed by atoms with Crippen molar-refractivity contribution in [2.75, 3.05) is 0 Å². The van der Waals surface area contributed by atoms with Gasteiger partial charge in [-0.3, -0.25) is 20.4 Å². The number of aromatic nitrogens is 2. The predicted molar refractivity (Wildman–Crippen MR) is 106 cm³/mol. The third kappa shape index (κ3) is 5.64. The number of carbonyl (C=O) groups excluding carboxylic acids is 2. The van der Waals surface area contributed by atoms with Crippen molar-refractivity contribution < 1.29 is 18.8 Å². The number of amides is 2. The maximum atomic E-state index is 12.0. The van der Waals surface area contributed by atoms with Gasteiger partial charge in [-0.05, 0) is 36.6 Å². The zero-order chi connectivity index (χ0) is 19.9. The lowest BCUT2D eigenvalue weighted by molar-refractivity contribution is -0.132. The van der Waals surface area contributed by atoms with Crippen LogP contribution in [0, 0.1) is 0 Å². The van der Waals surface area contributed by atoms with Gasteiger partial charge < -0.3 is 9.26 Å². The van der Waals surface area contributed by atoms with E-state index in [2.05, 4.69) is 36.9 Å². The second-order valence-corrected chi connectivity index (χ2v) is 7.61. The molecule has 0 radical (unpaired) electrons. The maximum absolute atomic E-state index is 12.0. The molecule has 3 aromatic rings. The van der Waals surface area contributed by atoms with Gasteiger partial charge in [0.2, 0.25) is 17.6 Å². The molecule has 0 aliphatic rings. The molecule has 1 atom stereocenters. The third-order valence-electron chi connectivity index (χ3n) is 3.58. The molecule has 3 rings (SSSR count). The van der Waals surface area contributed by atoms with E-state index in [1.54, 1.807) is 25.1 Å². The minimum Gasteiger partial charge on any atom is -0.481 e. The topological polar surface area (TPSA) is 106 Å². The number of ether oxygens (including phenoxy) is 1. The van der Waals surface area contributed by atoms with E-state index in [0.29, 0.717) is 17.5 Å². The summed E-state index contributed by atoms with van der Waals surface area (Å²) in [5.74, 6) is 0.555. The van der Waals surface area contributed by atoms with Crippen LogP contribution in [0.25, 0.3) is 10.7 Å². The van der Waals surface area contributed by atoms with E-state index in [0.717, 1.165) is 9.35 Å². The number of rotatable bonds is 7. The van der Waals surface area contributed by atoms with E-state index in [1.165, 1.54) is 11.3 Å². The largest absolute Gasteiger partial charge is 0.481 e. The highest BCUT2D eigenvalue weighted by molar-refractivity contribution is 9.10. The average molecular weight is 465 g/mol. The van der Waals surface area contributed by atoms with Crippen LogP contribution in [0.3, 0.4) is 0 Å². The fraction of sp³-hybridized carbons (Fsp3) is 0.222. The van der Waals surface area contributed by atoms with Crippen LogP contribution in [0.1, 0.15) is 19.2 Å². The van der Waals surface area contributed by atoms with Gasteiger partial charge in [0.1, 0.15) is 5.75 Å². The summed E-state index contributed by atoms with van der Waals surface area (Å²) in [6.07, 6.45) is -0.420. The fourth-order valence-corrected chi connectivity index (χ4v) is 3.20. The average Bonchev–Trinajstić information content (AvgIpc) is 3.35. The first kappa shape index (κ1) is 20.0. The molecule has 2 aromatic heterocycles. The first-order valence-electron chi connectivity index (χ1n) is 8.38. The van der Waals surface area contributed by atoms with Gasteiger partial charge >= 0.3 is 0 Å². The molecule has 0 aliphatic carbocycles. The Labute approximate surface area is 173 Å². The van der Waals surface area contributed by atoms with E-state index in [-0.39, 0.29) is 18.7 Å². The Balaban J connectivity index is 1.40. The smallest absolute Gasteiger partial charge is 0.279 e. The number of hydrazine groups is 1. The van der Waals surface area contributed by atoms with Gasteiger partial charge in [0.05, 0.1) is 4.88 Å². The molecule has 2 heterocycles. The van der Waals surface area contributed by atoms with Crippen molar-refractivity contribution in [2.45, 2.75) is 25.9 Å². The highest BCUT2D eigenvalue weighted by atomic mass is 79.9. The standard InChI is InChI=1S/C18H17BrN4O4S/c1-11(26-13-5-2-4-12(19)10-13)18(25)22-21-15(24)7-8-16-20-17(23-27-16)14-6-3-9-28-14/h2-6,9-11H,7-8H2,1H3,(H,21,24)(H,22,25). The molecule has 0 saturated heterocycles. The SMILES string of the molecule is CC(Oc1cccc(Br)c1)C(=O)NNC(=O)CCc1nc(-c2cccs2)no1. The van der Waals surface area contributed by atoms with Crippen molar-refractivity contribution in [1.29, 1.82) is 0 Å². The van der Waals surface area contributed by atoms with Crippen LogP contribution in [-0.4, -0.2) is 28.1 Å². The van der Waals surface area contributed by atoms with E-state index >= 15 is 0 Å². The van der Waals surface area contributed by atoms with Crippen LogP contribution in [0.5, 0.6) is 5.75 Å². The van der Waals surface area contributed by atoms with Crippen LogP contribution < -0.4 is 15.6 Å². The van der Waals surface area contributed by atoms with Crippen LogP contribution in [0.4, 0.5) is 0 Å². The summed E-state index contributed by atoms with van der Waals surface area (Å²) in [4.78, 5) is 29.1. The Bertz CT molecular complexity index is 945. The molecule has 2 N–H and O–H groups in total.